The molecule has 0 unspecified atom stereocenters. The first-order valence-corrected chi connectivity index (χ1v) is 5.34. The summed E-state index contributed by atoms with van der Waals surface area (Å²) in [5.74, 6) is 0.153. The molecule has 1 atom stereocenters. The quantitative estimate of drug-likeness (QED) is 0.606. The SMILES string of the molecule is COCCCCNC(=O)[C@H]1CCCN1. The number of amides is 1. The van der Waals surface area contributed by atoms with Gasteiger partial charge in [0.1, 0.15) is 0 Å². The van der Waals surface area contributed by atoms with Crippen molar-refractivity contribution in [1.29, 1.82) is 0 Å². The number of unbranched alkanes of at least 4 members (excludes halogenated alkanes) is 1. The Morgan fingerprint density at radius 3 is 3.07 bits per heavy atom. The zero-order valence-corrected chi connectivity index (χ0v) is 8.84. The van der Waals surface area contributed by atoms with Crippen LogP contribution in [0.1, 0.15) is 25.7 Å². The number of carbonyl (C=O) groups is 1. The molecule has 0 spiro atoms. The Morgan fingerprint density at radius 1 is 1.57 bits per heavy atom. The van der Waals surface area contributed by atoms with Gasteiger partial charge in [-0.1, -0.05) is 0 Å². The van der Waals surface area contributed by atoms with Crippen LogP contribution in [0.5, 0.6) is 0 Å². The summed E-state index contributed by atoms with van der Waals surface area (Å²) in [6.45, 7) is 2.51. The molecule has 82 valence electrons. The number of ether oxygens (including phenoxy) is 1. The predicted molar refractivity (Wildman–Crippen MR) is 55.1 cm³/mol. The Hall–Kier alpha value is -0.610. The molecule has 1 heterocycles. The van der Waals surface area contributed by atoms with Gasteiger partial charge >= 0.3 is 0 Å². The molecule has 0 radical (unpaired) electrons. The van der Waals surface area contributed by atoms with E-state index in [2.05, 4.69) is 10.6 Å². The van der Waals surface area contributed by atoms with Crippen molar-refractivity contribution in [2.45, 2.75) is 31.7 Å². The van der Waals surface area contributed by atoms with Crippen molar-refractivity contribution in [2.24, 2.45) is 0 Å². The van der Waals surface area contributed by atoms with Crippen LogP contribution in [0.2, 0.25) is 0 Å². The molecule has 0 aromatic rings. The molecule has 4 heteroatoms. The van der Waals surface area contributed by atoms with Gasteiger partial charge in [0.05, 0.1) is 6.04 Å². The van der Waals surface area contributed by atoms with E-state index in [9.17, 15) is 4.79 Å². The molecular weight excluding hydrogens is 180 g/mol. The van der Waals surface area contributed by atoms with Gasteiger partial charge in [0.25, 0.3) is 0 Å². The van der Waals surface area contributed by atoms with Crippen molar-refractivity contribution in [3.63, 3.8) is 0 Å². The van der Waals surface area contributed by atoms with Crippen molar-refractivity contribution in [3.8, 4) is 0 Å². The number of nitrogens with one attached hydrogen (secondary N) is 2. The molecule has 1 rings (SSSR count). The van der Waals surface area contributed by atoms with Crippen molar-refractivity contribution in [1.82, 2.24) is 10.6 Å². The highest BCUT2D eigenvalue weighted by Crippen LogP contribution is 2.04. The Kier molecular flexibility index (Phi) is 5.56. The summed E-state index contributed by atoms with van der Waals surface area (Å²) in [5, 5.41) is 6.10. The fourth-order valence-electron chi connectivity index (χ4n) is 1.61. The van der Waals surface area contributed by atoms with Crippen LogP contribution in [0.3, 0.4) is 0 Å². The van der Waals surface area contributed by atoms with Crippen molar-refractivity contribution in [3.05, 3.63) is 0 Å². The third-order valence-corrected chi connectivity index (χ3v) is 2.45. The summed E-state index contributed by atoms with van der Waals surface area (Å²) in [7, 11) is 1.70. The first kappa shape index (κ1) is 11.5. The van der Waals surface area contributed by atoms with Gasteiger partial charge in [-0.2, -0.15) is 0 Å². The van der Waals surface area contributed by atoms with E-state index in [4.69, 9.17) is 4.74 Å². The third kappa shape index (κ3) is 4.07. The van der Waals surface area contributed by atoms with Crippen LogP contribution in [0, 0.1) is 0 Å². The second-order valence-electron chi connectivity index (χ2n) is 3.64. The summed E-state index contributed by atoms with van der Waals surface area (Å²) < 4.78 is 4.92. The summed E-state index contributed by atoms with van der Waals surface area (Å²) >= 11 is 0. The standard InChI is InChI=1S/C10H20N2O2/c1-14-8-3-2-6-12-10(13)9-5-4-7-11-9/h9,11H,2-8H2,1H3,(H,12,13)/t9-/m1/s1. The average Bonchev–Trinajstić information content (AvgIpc) is 2.70. The molecule has 14 heavy (non-hydrogen) atoms. The Morgan fingerprint density at radius 2 is 2.43 bits per heavy atom. The summed E-state index contributed by atoms with van der Waals surface area (Å²) in [4.78, 5) is 11.5. The number of carbonyl (C=O) groups excluding carboxylic acids is 1. The maximum atomic E-state index is 11.5. The molecule has 1 fully saturated rings. The molecule has 2 N–H and O–H groups in total. The molecular formula is C10H20N2O2. The number of rotatable bonds is 6. The smallest absolute Gasteiger partial charge is 0.237 e. The molecule has 0 saturated carbocycles. The van der Waals surface area contributed by atoms with Crippen LogP contribution in [0.4, 0.5) is 0 Å². The second kappa shape index (κ2) is 6.79. The molecule has 1 saturated heterocycles. The predicted octanol–water partition coefficient (Wildman–Crippen LogP) is 0.281. The number of hydrogen-bond acceptors (Lipinski definition) is 3. The molecule has 0 aromatic heterocycles. The molecule has 0 aromatic carbocycles. The van der Waals surface area contributed by atoms with Gasteiger partial charge in [-0.05, 0) is 32.2 Å². The molecule has 0 aliphatic carbocycles. The summed E-state index contributed by atoms with van der Waals surface area (Å²) in [5.41, 5.74) is 0. The highest BCUT2D eigenvalue weighted by Gasteiger charge is 2.20. The van der Waals surface area contributed by atoms with Gasteiger partial charge in [-0.15, -0.1) is 0 Å². The van der Waals surface area contributed by atoms with Crippen LogP contribution in [-0.2, 0) is 9.53 Å². The zero-order valence-electron chi connectivity index (χ0n) is 8.84. The minimum atomic E-state index is 0.0532. The van der Waals surface area contributed by atoms with Gasteiger partial charge in [0, 0.05) is 20.3 Å². The van der Waals surface area contributed by atoms with Crippen molar-refractivity contribution >= 4 is 5.91 Å². The van der Waals surface area contributed by atoms with Gasteiger partial charge in [0.2, 0.25) is 5.91 Å². The lowest BCUT2D eigenvalue weighted by atomic mass is 10.2. The van der Waals surface area contributed by atoms with E-state index in [0.717, 1.165) is 45.4 Å². The lowest BCUT2D eigenvalue weighted by molar-refractivity contribution is -0.122. The Balaban J connectivity index is 1.97. The van der Waals surface area contributed by atoms with Crippen LogP contribution in [-0.4, -0.2) is 38.8 Å². The molecule has 1 aliphatic rings. The molecule has 1 amide bonds. The minimum absolute atomic E-state index is 0.0532. The van der Waals surface area contributed by atoms with Crippen molar-refractivity contribution < 1.29 is 9.53 Å². The lowest BCUT2D eigenvalue weighted by Crippen LogP contribution is -2.40. The fraction of sp³-hybridized carbons (Fsp3) is 0.900. The Labute approximate surface area is 85.4 Å². The van der Waals surface area contributed by atoms with Crippen molar-refractivity contribution in [2.75, 3.05) is 26.8 Å². The zero-order chi connectivity index (χ0) is 10.2. The van der Waals surface area contributed by atoms with E-state index in [0.29, 0.717) is 0 Å². The van der Waals surface area contributed by atoms with E-state index in [1.807, 2.05) is 0 Å². The van der Waals surface area contributed by atoms with Gasteiger partial charge in [-0.3, -0.25) is 4.79 Å². The van der Waals surface area contributed by atoms with Crippen LogP contribution < -0.4 is 10.6 Å². The molecule has 1 aliphatic heterocycles. The topological polar surface area (TPSA) is 50.4 Å². The normalized spacial score (nSPS) is 21.1. The Bertz CT molecular complexity index is 168. The highest BCUT2D eigenvalue weighted by atomic mass is 16.5. The lowest BCUT2D eigenvalue weighted by Gasteiger charge is -2.10. The maximum absolute atomic E-state index is 11.5. The first-order chi connectivity index (χ1) is 6.84. The fourth-order valence-corrected chi connectivity index (χ4v) is 1.61. The van der Waals surface area contributed by atoms with Crippen LogP contribution >= 0.6 is 0 Å². The summed E-state index contributed by atoms with van der Waals surface area (Å²) in [6.07, 6.45) is 4.09. The largest absolute Gasteiger partial charge is 0.385 e. The number of methoxy groups -OCH3 is 1. The maximum Gasteiger partial charge on any atom is 0.237 e. The van der Waals surface area contributed by atoms with Crippen LogP contribution in [0.25, 0.3) is 0 Å². The van der Waals surface area contributed by atoms with Crippen LogP contribution in [0.15, 0.2) is 0 Å². The second-order valence-corrected chi connectivity index (χ2v) is 3.64. The molecule has 4 nitrogen and oxygen atoms in total. The highest BCUT2D eigenvalue weighted by molar-refractivity contribution is 5.81. The monoisotopic (exact) mass is 200 g/mol. The van der Waals surface area contributed by atoms with Gasteiger partial charge < -0.3 is 15.4 Å². The van der Waals surface area contributed by atoms with E-state index >= 15 is 0 Å². The minimum Gasteiger partial charge on any atom is -0.385 e. The van der Waals surface area contributed by atoms with Gasteiger partial charge in [-0.25, -0.2) is 0 Å². The van der Waals surface area contributed by atoms with E-state index < -0.39 is 0 Å². The molecule has 0 bridgehead atoms. The van der Waals surface area contributed by atoms with E-state index in [1.165, 1.54) is 0 Å². The third-order valence-electron chi connectivity index (χ3n) is 2.45. The van der Waals surface area contributed by atoms with E-state index in [-0.39, 0.29) is 11.9 Å². The van der Waals surface area contributed by atoms with E-state index in [1.54, 1.807) is 7.11 Å². The van der Waals surface area contributed by atoms with Gasteiger partial charge in [0.15, 0.2) is 0 Å². The average molecular weight is 200 g/mol. The first-order valence-electron chi connectivity index (χ1n) is 5.34. The summed E-state index contributed by atoms with van der Waals surface area (Å²) in [6, 6.07) is 0.0532. The number of hydrogen-bond donors (Lipinski definition) is 2.